The summed E-state index contributed by atoms with van der Waals surface area (Å²) in [6, 6.07) is 5.68. The van der Waals surface area contributed by atoms with Crippen molar-refractivity contribution in [1.82, 2.24) is 0 Å². The van der Waals surface area contributed by atoms with Gasteiger partial charge in [-0.25, -0.2) is 8.42 Å². The summed E-state index contributed by atoms with van der Waals surface area (Å²) in [5.74, 6) is -0.357. The lowest BCUT2D eigenvalue weighted by molar-refractivity contribution is -0.668. The number of aryl methyl sites for hydroxylation is 1. The van der Waals surface area contributed by atoms with E-state index in [1.54, 1.807) is 23.1 Å². The zero-order chi connectivity index (χ0) is 17.0. The van der Waals surface area contributed by atoms with Crippen molar-refractivity contribution in [1.29, 1.82) is 0 Å². The number of aromatic nitrogens is 1. The first kappa shape index (κ1) is 18.7. The fourth-order valence-electron chi connectivity index (χ4n) is 2.25. The Morgan fingerprint density at radius 1 is 1.48 bits per heavy atom. The van der Waals surface area contributed by atoms with Crippen LogP contribution in [-0.4, -0.2) is 25.0 Å². The number of halogens is 1. The van der Waals surface area contributed by atoms with E-state index in [1.807, 2.05) is 29.0 Å². The SMILES string of the molecule is CC/C(=C/c1sc2ccc(Cl)cc2[n+]1CCCS(=O)(=O)[O-])SC. The van der Waals surface area contributed by atoms with Crippen LogP contribution in [0.15, 0.2) is 23.1 Å². The van der Waals surface area contributed by atoms with Crippen LogP contribution in [0.25, 0.3) is 16.3 Å². The largest absolute Gasteiger partial charge is 0.748 e. The lowest BCUT2D eigenvalue weighted by atomic mass is 10.3. The molecule has 0 radical (unpaired) electrons. The Morgan fingerprint density at radius 3 is 2.83 bits per heavy atom. The van der Waals surface area contributed by atoms with Gasteiger partial charge in [0.15, 0.2) is 6.54 Å². The van der Waals surface area contributed by atoms with Gasteiger partial charge in [0, 0.05) is 29.3 Å². The van der Waals surface area contributed by atoms with Crippen LogP contribution < -0.4 is 4.57 Å². The minimum Gasteiger partial charge on any atom is -0.748 e. The monoisotopic (exact) mass is 391 g/mol. The number of rotatable bonds is 7. The Labute approximate surface area is 149 Å². The molecule has 4 nitrogen and oxygen atoms in total. The van der Waals surface area contributed by atoms with Gasteiger partial charge in [-0.3, -0.25) is 0 Å². The van der Waals surface area contributed by atoms with Crippen molar-refractivity contribution in [2.24, 2.45) is 0 Å². The molecule has 1 heterocycles. The predicted molar refractivity (Wildman–Crippen MR) is 98.0 cm³/mol. The molecule has 0 spiro atoms. The van der Waals surface area contributed by atoms with E-state index in [1.165, 1.54) is 4.91 Å². The van der Waals surface area contributed by atoms with E-state index in [2.05, 4.69) is 13.0 Å². The predicted octanol–water partition coefficient (Wildman–Crippen LogP) is 3.89. The molecule has 0 atom stereocenters. The molecule has 1 aromatic carbocycles. The fourth-order valence-corrected chi connectivity index (χ4v) is 4.63. The number of allylic oxidation sites excluding steroid dienone is 1. The molecule has 0 aliphatic rings. The number of hydrogen-bond donors (Lipinski definition) is 0. The summed E-state index contributed by atoms with van der Waals surface area (Å²) in [5.41, 5.74) is 0.966. The first-order valence-electron chi connectivity index (χ1n) is 7.14. The molecule has 0 amide bonds. The third-order valence-electron chi connectivity index (χ3n) is 3.36. The van der Waals surface area contributed by atoms with Crippen LogP contribution in [0.2, 0.25) is 5.02 Å². The second-order valence-electron chi connectivity index (χ2n) is 4.99. The number of benzene rings is 1. The average molecular weight is 392 g/mol. The van der Waals surface area contributed by atoms with E-state index in [4.69, 9.17) is 11.6 Å². The smallest absolute Gasteiger partial charge is 0.263 e. The van der Waals surface area contributed by atoms with Crippen LogP contribution in [0.4, 0.5) is 0 Å². The van der Waals surface area contributed by atoms with E-state index < -0.39 is 10.1 Å². The van der Waals surface area contributed by atoms with Gasteiger partial charge in [-0.2, -0.15) is 4.57 Å². The highest BCUT2D eigenvalue weighted by Crippen LogP contribution is 2.27. The van der Waals surface area contributed by atoms with Crippen LogP contribution >= 0.6 is 34.7 Å². The summed E-state index contributed by atoms with van der Waals surface area (Å²) in [4.78, 5) is 1.24. The molecule has 23 heavy (non-hydrogen) atoms. The Balaban J connectivity index is 2.44. The van der Waals surface area contributed by atoms with Crippen molar-refractivity contribution in [3.8, 4) is 0 Å². The van der Waals surface area contributed by atoms with Crippen molar-refractivity contribution < 1.29 is 17.5 Å². The molecule has 0 saturated heterocycles. The molecule has 0 aliphatic carbocycles. The topological polar surface area (TPSA) is 61.1 Å². The first-order valence-corrected chi connectivity index (χ1v) is 11.1. The maximum Gasteiger partial charge on any atom is 0.263 e. The lowest BCUT2D eigenvalue weighted by Crippen LogP contribution is -2.36. The number of nitrogens with zero attached hydrogens (tertiary/aromatic N) is 1. The van der Waals surface area contributed by atoms with Gasteiger partial charge in [0.05, 0.1) is 10.1 Å². The third-order valence-corrected chi connectivity index (χ3v) is 6.43. The van der Waals surface area contributed by atoms with Crippen LogP contribution in [0.1, 0.15) is 24.8 Å². The maximum absolute atomic E-state index is 10.8. The van der Waals surface area contributed by atoms with Gasteiger partial charge in [-0.05, 0) is 29.7 Å². The van der Waals surface area contributed by atoms with E-state index >= 15 is 0 Å². The summed E-state index contributed by atoms with van der Waals surface area (Å²) in [7, 11) is -4.19. The molecular weight excluding hydrogens is 374 g/mol. The summed E-state index contributed by atoms with van der Waals surface area (Å²) >= 11 is 9.43. The normalized spacial score (nSPS) is 13.0. The minimum absolute atomic E-state index is 0.288. The summed E-state index contributed by atoms with van der Waals surface area (Å²) in [6.07, 6.45) is 5.38. The number of thioether (sulfide) groups is 1. The van der Waals surface area contributed by atoms with Crippen molar-refractivity contribution >= 4 is 61.1 Å². The molecular formula is C15H18ClNO3S3. The average Bonchev–Trinajstić information content (AvgIpc) is 2.81. The van der Waals surface area contributed by atoms with Crippen molar-refractivity contribution in [2.45, 2.75) is 26.3 Å². The third kappa shape index (κ3) is 5.19. The van der Waals surface area contributed by atoms with Crippen molar-refractivity contribution in [2.75, 3.05) is 12.0 Å². The molecule has 126 valence electrons. The fraction of sp³-hybridized carbons (Fsp3) is 0.400. The standard InChI is InChI=1S/C15H18ClNO3S3/c1-3-12(21-2)10-15-17(7-4-8-23(18,19)20)13-9-11(16)5-6-14(13)22-15/h5-6,9-10H,3-4,7-8H2,1-2H3/b12-10-. The molecule has 2 aromatic rings. The van der Waals surface area contributed by atoms with Gasteiger partial charge >= 0.3 is 0 Å². The highest BCUT2D eigenvalue weighted by atomic mass is 35.5. The number of fused-ring (bicyclic) bond motifs is 1. The van der Waals surface area contributed by atoms with E-state index in [0.29, 0.717) is 11.6 Å². The summed E-state index contributed by atoms with van der Waals surface area (Å²) in [5, 5.41) is 1.67. The summed E-state index contributed by atoms with van der Waals surface area (Å²) < 4.78 is 35.6. The van der Waals surface area contributed by atoms with Gasteiger partial charge < -0.3 is 4.55 Å². The second kappa shape index (κ2) is 7.98. The highest BCUT2D eigenvalue weighted by Gasteiger charge is 2.19. The summed E-state index contributed by atoms with van der Waals surface area (Å²) in [6.45, 7) is 2.57. The quantitative estimate of drug-likeness (QED) is 0.530. The van der Waals surface area contributed by atoms with Gasteiger partial charge in [0.25, 0.3) is 5.01 Å². The van der Waals surface area contributed by atoms with Gasteiger partial charge in [0.1, 0.15) is 4.70 Å². The molecule has 2 rings (SSSR count). The molecule has 1 aromatic heterocycles. The van der Waals surface area contributed by atoms with Crippen LogP contribution in [0.5, 0.6) is 0 Å². The number of thiazole rings is 1. The molecule has 0 bridgehead atoms. The molecule has 0 aliphatic heterocycles. The van der Waals surface area contributed by atoms with Crippen LogP contribution in [0, 0.1) is 0 Å². The Bertz CT molecular complexity index is 822. The Hall–Kier alpha value is -0.600. The lowest BCUT2D eigenvalue weighted by Gasteiger charge is -2.04. The highest BCUT2D eigenvalue weighted by molar-refractivity contribution is 8.02. The Morgan fingerprint density at radius 2 is 2.22 bits per heavy atom. The zero-order valence-corrected chi connectivity index (χ0v) is 16.1. The van der Waals surface area contributed by atoms with Gasteiger partial charge in [-0.15, -0.1) is 11.8 Å². The zero-order valence-electron chi connectivity index (χ0n) is 12.9. The van der Waals surface area contributed by atoms with E-state index in [0.717, 1.165) is 21.6 Å². The Kier molecular flexibility index (Phi) is 6.50. The minimum atomic E-state index is -4.19. The molecule has 0 fully saturated rings. The maximum atomic E-state index is 10.8. The number of hydrogen-bond acceptors (Lipinski definition) is 5. The first-order chi connectivity index (χ1) is 10.8. The van der Waals surface area contributed by atoms with Crippen LogP contribution in [-0.2, 0) is 16.7 Å². The van der Waals surface area contributed by atoms with Gasteiger partial charge in [0.2, 0.25) is 5.52 Å². The molecule has 8 heteroatoms. The van der Waals surface area contributed by atoms with E-state index in [9.17, 15) is 13.0 Å². The molecule has 0 saturated carbocycles. The molecule has 0 unspecified atom stereocenters. The van der Waals surface area contributed by atoms with E-state index in [-0.39, 0.29) is 12.2 Å². The van der Waals surface area contributed by atoms with Crippen molar-refractivity contribution in [3.05, 3.63) is 33.1 Å². The van der Waals surface area contributed by atoms with Crippen molar-refractivity contribution in [3.63, 3.8) is 0 Å². The molecule has 0 N–H and O–H groups in total. The van der Waals surface area contributed by atoms with Gasteiger partial charge in [-0.1, -0.05) is 29.9 Å². The van der Waals surface area contributed by atoms with Crippen LogP contribution in [0.3, 0.4) is 0 Å². The second-order valence-corrected chi connectivity index (χ2v) is 8.94.